The maximum atomic E-state index is 12.3. The van der Waals surface area contributed by atoms with Gasteiger partial charge in [0.05, 0.1) is 20.3 Å². The Hall–Kier alpha value is -3.29. The predicted octanol–water partition coefficient (Wildman–Crippen LogP) is 1.96. The second-order valence-corrected chi connectivity index (χ2v) is 5.50. The summed E-state index contributed by atoms with van der Waals surface area (Å²) in [6, 6.07) is 7.88. The molecule has 0 saturated carbocycles. The van der Waals surface area contributed by atoms with E-state index in [1.54, 1.807) is 18.2 Å². The highest BCUT2D eigenvalue weighted by atomic mass is 16.5. The normalized spacial score (nSPS) is 10.2. The number of aromatic nitrogens is 1. The molecular weight excluding hydrogens is 338 g/mol. The largest absolute Gasteiger partial charge is 0.493 e. The minimum Gasteiger partial charge on any atom is -0.493 e. The summed E-state index contributed by atoms with van der Waals surface area (Å²) in [5.74, 6) is 0.0662. The molecule has 1 heterocycles. The number of amides is 2. The van der Waals surface area contributed by atoms with Gasteiger partial charge in [-0.05, 0) is 44.2 Å². The summed E-state index contributed by atoms with van der Waals surface area (Å²) in [4.78, 5) is 28.4. The molecule has 2 rings (SSSR count). The number of benzene rings is 1. The molecule has 0 spiro atoms. The summed E-state index contributed by atoms with van der Waals surface area (Å²) in [7, 11) is 2.89. The topological polar surface area (TPSA) is 98.8 Å². The number of rotatable bonds is 6. The Labute approximate surface area is 151 Å². The van der Waals surface area contributed by atoms with Gasteiger partial charge in [0.25, 0.3) is 11.8 Å². The van der Waals surface area contributed by atoms with Crippen LogP contribution < -0.4 is 25.1 Å². The van der Waals surface area contributed by atoms with Gasteiger partial charge in [0.2, 0.25) is 5.88 Å². The second kappa shape index (κ2) is 8.70. The van der Waals surface area contributed by atoms with Gasteiger partial charge in [0.15, 0.2) is 11.5 Å². The van der Waals surface area contributed by atoms with Crippen LogP contribution in [-0.2, 0) is 0 Å². The summed E-state index contributed by atoms with van der Waals surface area (Å²) in [6.45, 7) is 3.78. The molecule has 0 aliphatic rings. The number of hydrazine groups is 1. The maximum absolute atomic E-state index is 12.3. The van der Waals surface area contributed by atoms with Crippen molar-refractivity contribution in [2.24, 2.45) is 0 Å². The first kappa shape index (κ1) is 19.0. The first-order valence-corrected chi connectivity index (χ1v) is 7.90. The molecule has 2 amide bonds. The molecule has 0 fully saturated rings. The van der Waals surface area contributed by atoms with Crippen molar-refractivity contribution in [3.8, 4) is 17.4 Å². The number of hydrogen-bond donors (Lipinski definition) is 2. The second-order valence-electron chi connectivity index (χ2n) is 5.50. The van der Waals surface area contributed by atoms with Crippen molar-refractivity contribution in [3.05, 3.63) is 47.7 Å². The lowest BCUT2D eigenvalue weighted by Crippen LogP contribution is -2.41. The van der Waals surface area contributed by atoms with E-state index in [0.29, 0.717) is 17.1 Å². The molecule has 0 bridgehead atoms. The van der Waals surface area contributed by atoms with E-state index in [2.05, 4.69) is 15.8 Å². The minimum absolute atomic E-state index is 0.0303. The fourth-order valence-electron chi connectivity index (χ4n) is 2.14. The zero-order valence-corrected chi connectivity index (χ0v) is 15.0. The van der Waals surface area contributed by atoms with Crippen LogP contribution in [0, 0.1) is 0 Å². The van der Waals surface area contributed by atoms with Crippen LogP contribution in [0.1, 0.15) is 34.6 Å². The number of pyridine rings is 1. The predicted molar refractivity (Wildman–Crippen MR) is 94.5 cm³/mol. The van der Waals surface area contributed by atoms with Gasteiger partial charge >= 0.3 is 0 Å². The van der Waals surface area contributed by atoms with Crippen molar-refractivity contribution in [1.82, 2.24) is 15.8 Å². The minimum atomic E-state index is -0.546. The lowest BCUT2D eigenvalue weighted by atomic mass is 10.2. The first-order chi connectivity index (χ1) is 12.5. The number of nitrogens with one attached hydrogen (secondary N) is 2. The number of ether oxygens (including phenoxy) is 3. The number of carbonyl (C=O) groups excluding carboxylic acids is 2. The molecule has 0 radical (unpaired) electrons. The summed E-state index contributed by atoms with van der Waals surface area (Å²) in [6.07, 6.45) is 1.47. The summed E-state index contributed by atoms with van der Waals surface area (Å²) < 4.78 is 15.9. The Bertz CT molecular complexity index is 792. The van der Waals surface area contributed by atoms with Gasteiger partial charge in [-0.1, -0.05) is 0 Å². The average Bonchev–Trinajstić information content (AvgIpc) is 2.65. The van der Waals surface area contributed by atoms with Gasteiger partial charge < -0.3 is 14.2 Å². The van der Waals surface area contributed by atoms with Gasteiger partial charge in [-0.3, -0.25) is 20.4 Å². The van der Waals surface area contributed by atoms with E-state index in [1.807, 2.05) is 13.8 Å². The fraction of sp³-hybridized carbons (Fsp3) is 0.278. The highest BCUT2D eigenvalue weighted by Crippen LogP contribution is 2.28. The Kier molecular flexibility index (Phi) is 6.37. The van der Waals surface area contributed by atoms with Gasteiger partial charge in [-0.25, -0.2) is 4.98 Å². The van der Waals surface area contributed by atoms with E-state index < -0.39 is 11.8 Å². The average molecular weight is 359 g/mol. The van der Waals surface area contributed by atoms with Gasteiger partial charge in [0, 0.05) is 11.8 Å². The molecule has 0 saturated heterocycles. The molecule has 0 unspecified atom stereocenters. The molecule has 1 aromatic carbocycles. The molecule has 138 valence electrons. The van der Waals surface area contributed by atoms with Crippen molar-refractivity contribution < 1.29 is 23.8 Å². The quantitative estimate of drug-likeness (QED) is 0.765. The first-order valence-electron chi connectivity index (χ1n) is 7.90. The van der Waals surface area contributed by atoms with Crippen LogP contribution in [-0.4, -0.2) is 37.1 Å². The van der Waals surface area contributed by atoms with E-state index >= 15 is 0 Å². The number of hydrogen-bond acceptors (Lipinski definition) is 6. The highest BCUT2D eigenvalue weighted by Gasteiger charge is 2.16. The van der Waals surface area contributed by atoms with Crippen molar-refractivity contribution in [1.29, 1.82) is 0 Å². The lowest BCUT2D eigenvalue weighted by molar-refractivity contribution is 0.0844. The molecule has 8 nitrogen and oxygen atoms in total. The van der Waals surface area contributed by atoms with Crippen LogP contribution in [0.25, 0.3) is 0 Å². The number of carbonyl (C=O) groups is 2. The van der Waals surface area contributed by atoms with Crippen molar-refractivity contribution in [3.63, 3.8) is 0 Å². The van der Waals surface area contributed by atoms with Gasteiger partial charge in [-0.2, -0.15) is 0 Å². The summed E-state index contributed by atoms with van der Waals surface area (Å²) in [5, 5.41) is 0. The van der Waals surface area contributed by atoms with Crippen LogP contribution in [0.4, 0.5) is 0 Å². The van der Waals surface area contributed by atoms with Gasteiger partial charge in [-0.15, -0.1) is 0 Å². The molecule has 0 atom stereocenters. The van der Waals surface area contributed by atoms with Crippen LogP contribution in [0.2, 0.25) is 0 Å². The Morgan fingerprint density at radius 1 is 1.00 bits per heavy atom. The molecule has 8 heteroatoms. The van der Waals surface area contributed by atoms with E-state index in [4.69, 9.17) is 14.2 Å². The third kappa shape index (κ3) is 4.62. The highest BCUT2D eigenvalue weighted by molar-refractivity contribution is 6.00. The molecule has 2 N–H and O–H groups in total. The Morgan fingerprint density at radius 3 is 2.38 bits per heavy atom. The molecule has 0 aliphatic heterocycles. The zero-order valence-electron chi connectivity index (χ0n) is 15.0. The molecular formula is C18H21N3O5. The molecule has 1 aromatic heterocycles. The summed E-state index contributed by atoms with van der Waals surface area (Å²) in [5.41, 5.74) is 5.17. The van der Waals surface area contributed by atoms with Crippen molar-refractivity contribution >= 4 is 11.8 Å². The standard InChI is InChI=1S/C18H21N3O5/c1-11(2)26-14-8-7-12(10-15(14)24-3)16(22)20-21-17(23)13-6-5-9-19-18(13)25-4/h5-11H,1-4H3,(H,20,22)(H,21,23). The van der Waals surface area contributed by atoms with E-state index in [-0.39, 0.29) is 17.5 Å². The third-order valence-electron chi connectivity index (χ3n) is 3.29. The molecule has 2 aromatic rings. The SMILES string of the molecule is COc1cc(C(=O)NNC(=O)c2cccnc2OC)ccc1OC(C)C. The van der Waals surface area contributed by atoms with Crippen molar-refractivity contribution in [2.75, 3.05) is 14.2 Å². The molecule has 26 heavy (non-hydrogen) atoms. The van der Waals surface area contributed by atoms with E-state index in [0.717, 1.165) is 0 Å². The fourth-order valence-corrected chi connectivity index (χ4v) is 2.14. The zero-order chi connectivity index (χ0) is 19.1. The molecule has 0 aliphatic carbocycles. The third-order valence-corrected chi connectivity index (χ3v) is 3.29. The summed E-state index contributed by atoms with van der Waals surface area (Å²) >= 11 is 0. The maximum Gasteiger partial charge on any atom is 0.275 e. The monoisotopic (exact) mass is 359 g/mol. The van der Waals surface area contributed by atoms with E-state index in [9.17, 15) is 9.59 Å². The van der Waals surface area contributed by atoms with Crippen LogP contribution in [0.15, 0.2) is 36.5 Å². The van der Waals surface area contributed by atoms with Crippen LogP contribution in [0.5, 0.6) is 17.4 Å². The number of nitrogens with zero attached hydrogens (tertiary/aromatic N) is 1. The number of methoxy groups -OCH3 is 2. The smallest absolute Gasteiger partial charge is 0.275 e. The van der Waals surface area contributed by atoms with Gasteiger partial charge in [0.1, 0.15) is 5.56 Å². The van der Waals surface area contributed by atoms with Crippen molar-refractivity contribution in [2.45, 2.75) is 20.0 Å². The lowest BCUT2D eigenvalue weighted by Gasteiger charge is -2.14. The van der Waals surface area contributed by atoms with Crippen LogP contribution in [0.3, 0.4) is 0 Å². The Morgan fingerprint density at radius 2 is 1.73 bits per heavy atom. The van der Waals surface area contributed by atoms with Crippen LogP contribution >= 0.6 is 0 Å². The Balaban J connectivity index is 2.06. The van der Waals surface area contributed by atoms with E-state index in [1.165, 1.54) is 32.5 Å².